The van der Waals surface area contributed by atoms with Gasteiger partial charge in [-0.2, -0.15) is 0 Å². The van der Waals surface area contributed by atoms with E-state index >= 15 is 0 Å². The zero-order valence-electron chi connectivity index (χ0n) is 12.9. The van der Waals surface area contributed by atoms with Gasteiger partial charge in [-0.15, -0.1) is 0 Å². The molecule has 0 heterocycles. The van der Waals surface area contributed by atoms with Crippen LogP contribution in [-0.2, 0) is 6.42 Å². The number of nitrogens with one attached hydrogen (secondary N) is 2. The molecule has 2 N–H and O–H groups in total. The quantitative estimate of drug-likeness (QED) is 0.689. The molecule has 5 heteroatoms. The van der Waals surface area contributed by atoms with Gasteiger partial charge in [0.05, 0.1) is 11.0 Å². The highest BCUT2D eigenvalue weighted by Crippen LogP contribution is 2.23. The molecule has 0 fully saturated rings. The van der Waals surface area contributed by atoms with E-state index in [1.165, 1.54) is 5.56 Å². The van der Waals surface area contributed by atoms with E-state index in [4.69, 9.17) is 4.74 Å². The molecular formula is C18H21BrN2O2. The van der Waals surface area contributed by atoms with Gasteiger partial charge in [0.25, 0.3) is 0 Å². The number of urea groups is 1. The van der Waals surface area contributed by atoms with Crippen molar-refractivity contribution in [1.82, 2.24) is 10.6 Å². The summed E-state index contributed by atoms with van der Waals surface area (Å²) in [5, 5.41) is 5.63. The number of carbonyl (C=O) groups is 1. The second-order valence-electron chi connectivity index (χ2n) is 5.05. The summed E-state index contributed by atoms with van der Waals surface area (Å²) in [4.78, 5) is 11.6. The molecule has 2 rings (SSSR count). The topological polar surface area (TPSA) is 50.4 Å². The van der Waals surface area contributed by atoms with Crippen LogP contribution in [0.2, 0.25) is 0 Å². The lowest BCUT2D eigenvalue weighted by Crippen LogP contribution is -2.38. The van der Waals surface area contributed by atoms with Gasteiger partial charge in [0, 0.05) is 6.54 Å². The second-order valence-corrected chi connectivity index (χ2v) is 5.91. The lowest BCUT2D eigenvalue weighted by atomic mass is 10.1. The van der Waals surface area contributed by atoms with Gasteiger partial charge in [0.15, 0.2) is 0 Å². The van der Waals surface area contributed by atoms with E-state index in [0.717, 1.165) is 23.1 Å². The van der Waals surface area contributed by atoms with Crippen LogP contribution in [0.4, 0.5) is 4.79 Å². The maximum atomic E-state index is 11.6. The number of hydrogen-bond acceptors (Lipinski definition) is 2. The van der Waals surface area contributed by atoms with Crippen LogP contribution in [0.5, 0.6) is 5.75 Å². The van der Waals surface area contributed by atoms with Crippen LogP contribution in [0.15, 0.2) is 59.1 Å². The molecule has 0 aliphatic rings. The maximum Gasteiger partial charge on any atom is 0.314 e. The molecule has 0 saturated carbocycles. The smallest absolute Gasteiger partial charge is 0.314 e. The first-order chi connectivity index (χ1) is 11.3. The summed E-state index contributed by atoms with van der Waals surface area (Å²) in [5.41, 5.74) is 1.29. The van der Waals surface area contributed by atoms with Gasteiger partial charge in [0.1, 0.15) is 12.4 Å². The normalized spacial score (nSPS) is 10.1. The molecule has 0 bridgehead atoms. The first kappa shape index (κ1) is 17.3. The fourth-order valence-corrected chi connectivity index (χ4v) is 2.49. The number of aryl methyl sites for hydroxylation is 1. The Balaban J connectivity index is 1.53. The number of para-hydroxylation sites is 1. The molecule has 0 atom stereocenters. The van der Waals surface area contributed by atoms with Gasteiger partial charge in [-0.3, -0.25) is 0 Å². The monoisotopic (exact) mass is 376 g/mol. The molecule has 0 spiro atoms. The van der Waals surface area contributed by atoms with Crippen LogP contribution in [-0.4, -0.2) is 25.7 Å². The fourth-order valence-electron chi connectivity index (χ4n) is 2.09. The molecule has 2 aromatic carbocycles. The van der Waals surface area contributed by atoms with Crippen molar-refractivity contribution in [2.75, 3.05) is 19.7 Å². The SMILES string of the molecule is O=C(NCCCc1ccccc1)NCCOc1ccccc1Br. The van der Waals surface area contributed by atoms with Gasteiger partial charge in [-0.1, -0.05) is 42.5 Å². The highest BCUT2D eigenvalue weighted by molar-refractivity contribution is 9.10. The number of halogens is 1. The first-order valence-electron chi connectivity index (χ1n) is 7.68. The zero-order valence-corrected chi connectivity index (χ0v) is 14.5. The van der Waals surface area contributed by atoms with Crippen LogP contribution >= 0.6 is 15.9 Å². The molecule has 0 saturated heterocycles. The summed E-state index contributed by atoms with van der Waals surface area (Å²) in [6.07, 6.45) is 1.89. The van der Waals surface area contributed by atoms with Gasteiger partial charge < -0.3 is 15.4 Å². The van der Waals surface area contributed by atoms with Crippen molar-refractivity contribution in [3.63, 3.8) is 0 Å². The first-order valence-corrected chi connectivity index (χ1v) is 8.48. The summed E-state index contributed by atoms with van der Waals surface area (Å²) < 4.78 is 6.49. The van der Waals surface area contributed by atoms with Crippen molar-refractivity contribution in [2.45, 2.75) is 12.8 Å². The fraction of sp³-hybridized carbons (Fsp3) is 0.278. The molecule has 0 aliphatic carbocycles. The Morgan fingerprint density at radius 1 is 0.957 bits per heavy atom. The minimum absolute atomic E-state index is 0.159. The van der Waals surface area contributed by atoms with Crippen LogP contribution in [0.25, 0.3) is 0 Å². The molecule has 0 radical (unpaired) electrons. The summed E-state index contributed by atoms with van der Waals surface area (Å²) in [6, 6.07) is 17.7. The zero-order chi connectivity index (χ0) is 16.3. The van der Waals surface area contributed by atoms with Crippen molar-refractivity contribution < 1.29 is 9.53 Å². The maximum absolute atomic E-state index is 11.6. The Bertz CT molecular complexity index is 605. The molecule has 23 heavy (non-hydrogen) atoms. The third-order valence-electron chi connectivity index (χ3n) is 3.25. The lowest BCUT2D eigenvalue weighted by molar-refractivity contribution is 0.236. The van der Waals surface area contributed by atoms with E-state index in [2.05, 4.69) is 38.7 Å². The largest absolute Gasteiger partial charge is 0.491 e. The molecule has 122 valence electrons. The average molecular weight is 377 g/mol. The van der Waals surface area contributed by atoms with Crippen LogP contribution in [0, 0.1) is 0 Å². The van der Waals surface area contributed by atoms with Crippen molar-refractivity contribution in [3.05, 3.63) is 64.6 Å². The Morgan fingerprint density at radius 3 is 2.43 bits per heavy atom. The van der Waals surface area contributed by atoms with Crippen molar-refractivity contribution in [3.8, 4) is 5.75 Å². The van der Waals surface area contributed by atoms with E-state index in [1.807, 2.05) is 42.5 Å². The summed E-state index contributed by atoms with van der Waals surface area (Å²) in [6.45, 7) is 1.55. The molecule has 0 aliphatic heterocycles. The minimum atomic E-state index is -0.159. The molecule has 0 aromatic heterocycles. The van der Waals surface area contributed by atoms with Gasteiger partial charge in [0.2, 0.25) is 0 Å². The van der Waals surface area contributed by atoms with Crippen molar-refractivity contribution in [1.29, 1.82) is 0 Å². The minimum Gasteiger partial charge on any atom is -0.491 e. The van der Waals surface area contributed by atoms with Crippen LogP contribution in [0.1, 0.15) is 12.0 Å². The Labute approximate surface area is 145 Å². The van der Waals surface area contributed by atoms with E-state index in [-0.39, 0.29) is 6.03 Å². The number of ether oxygens (including phenoxy) is 1. The molecule has 4 nitrogen and oxygen atoms in total. The summed E-state index contributed by atoms with van der Waals surface area (Å²) in [5.74, 6) is 0.776. The predicted octanol–water partition coefficient (Wildman–Crippen LogP) is 3.76. The molecular weight excluding hydrogens is 356 g/mol. The number of benzene rings is 2. The third kappa shape index (κ3) is 6.74. The number of carbonyl (C=O) groups excluding carboxylic acids is 1. The summed E-state index contributed by atoms with van der Waals surface area (Å²) >= 11 is 3.41. The standard InChI is InChI=1S/C18H21BrN2O2/c19-16-10-4-5-11-17(16)23-14-13-21-18(22)20-12-6-9-15-7-2-1-3-8-15/h1-5,7-8,10-11H,6,9,12-14H2,(H2,20,21,22). The van der Waals surface area contributed by atoms with E-state index in [0.29, 0.717) is 19.7 Å². The van der Waals surface area contributed by atoms with E-state index < -0.39 is 0 Å². The van der Waals surface area contributed by atoms with Gasteiger partial charge in [-0.05, 0) is 46.5 Å². The number of rotatable bonds is 8. The van der Waals surface area contributed by atoms with Crippen LogP contribution in [0.3, 0.4) is 0 Å². The highest BCUT2D eigenvalue weighted by atomic mass is 79.9. The molecule has 0 unspecified atom stereocenters. The predicted molar refractivity (Wildman–Crippen MR) is 95.8 cm³/mol. The Kier molecular flexibility index (Phi) is 7.46. The van der Waals surface area contributed by atoms with Gasteiger partial charge in [-0.25, -0.2) is 4.79 Å². The van der Waals surface area contributed by atoms with Gasteiger partial charge >= 0.3 is 6.03 Å². The van der Waals surface area contributed by atoms with Crippen LogP contribution < -0.4 is 15.4 Å². The second kappa shape index (κ2) is 9.90. The highest BCUT2D eigenvalue weighted by Gasteiger charge is 2.01. The number of amides is 2. The van der Waals surface area contributed by atoms with Crippen molar-refractivity contribution in [2.24, 2.45) is 0 Å². The Hall–Kier alpha value is -2.01. The lowest BCUT2D eigenvalue weighted by Gasteiger charge is -2.10. The Morgan fingerprint density at radius 2 is 1.65 bits per heavy atom. The average Bonchev–Trinajstić information content (AvgIpc) is 2.58. The molecule has 2 aromatic rings. The van der Waals surface area contributed by atoms with Crippen molar-refractivity contribution >= 4 is 22.0 Å². The number of hydrogen-bond donors (Lipinski definition) is 2. The third-order valence-corrected chi connectivity index (χ3v) is 3.91. The van der Waals surface area contributed by atoms with E-state index in [1.54, 1.807) is 0 Å². The summed E-state index contributed by atoms with van der Waals surface area (Å²) in [7, 11) is 0. The molecule has 2 amide bonds. The van der Waals surface area contributed by atoms with E-state index in [9.17, 15) is 4.79 Å².